The minimum Gasteiger partial charge on any atom is -0.383 e. The number of nitrogens with zero attached hydrogens (tertiary/aromatic N) is 2. The standard InChI is InChI=1S/C13H26N2O/c1-4-14-6-5-12-8-15(9-13(12)7-14)11(2)10-16-3/h11-13H,4-10H2,1-3H3. The van der Waals surface area contributed by atoms with Gasteiger partial charge in [-0.1, -0.05) is 6.92 Å². The van der Waals surface area contributed by atoms with Crippen LogP contribution in [0.5, 0.6) is 0 Å². The van der Waals surface area contributed by atoms with Crippen LogP contribution in [0.4, 0.5) is 0 Å². The van der Waals surface area contributed by atoms with Crippen molar-refractivity contribution in [2.45, 2.75) is 26.3 Å². The molecule has 2 aliphatic heterocycles. The van der Waals surface area contributed by atoms with E-state index in [1.165, 1.54) is 39.1 Å². The maximum atomic E-state index is 5.26. The summed E-state index contributed by atoms with van der Waals surface area (Å²) in [5, 5.41) is 0. The first-order chi connectivity index (χ1) is 7.74. The number of methoxy groups -OCH3 is 1. The number of hydrogen-bond donors (Lipinski definition) is 0. The van der Waals surface area contributed by atoms with Crippen molar-refractivity contribution in [3.63, 3.8) is 0 Å². The lowest BCUT2D eigenvalue weighted by molar-refractivity contribution is 0.111. The predicted molar refractivity (Wildman–Crippen MR) is 66.6 cm³/mol. The van der Waals surface area contributed by atoms with Gasteiger partial charge in [-0.15, -0.1) is 0 Å². The van der Waals surface area contributed by atoms with Crippen molar-refractivity contribution in [3.8, 4) is 0 Å². The lowest BCUT2D eigenvalue weighted by atomic mass is 9.89. The molecule has 2 saturated heterocycles. The summed E-state index contributed by atoms with van der Waals surface area (Å²) in [4.78, 5) is 5.23. The summed E-state index contributed by atoms with van der Waals surface area (Å²) in [5.41, 5.74) is 0. The number of ether oxygens (including phenoxy) is 1. The molecule has 2 aliphatic rings. The second-order valence-electron chi connectivity index (χ2n) is 5.46. The molecule has 0 aliphatic carbocycles. The molecule has 2 fully saturated rings. The zero-order valence-corrected chi connectivity index (χ0v) is 11.0. The van der Waals surface area contributed by atoms with Crippen molar-refractivity contribution in [1.29, 1.82) is 0 Å². The van der Waals surface area contributed by atoms with Crippen LogP contribution in [-0.2, 0) is 4.74 Å². The van der Waals surface area contributed by atoms with Crippen molar-refractivity contribution < 1.29 is 4.74 Å². The molecule has 0 radical (unpaired) electrons. The van der Waals surface area contributed by atoms with Gasteiger partial charge in [0.05, 0.1) is 6.61 Å². The Morgan fingerprint density at radius 1 is 1.25 bits per heavy atom. The number of fused-ring (bicyclic) bond motifs is 1. The van der Waals surface area contributed by atoms with Gasteiger partial charge < -0.3 is 9.64 Å². The number of hydrogen-bond acceptors (Lipinski definition) is 3. The summed E-state index contributed by atoms with van der Waals surface area (Å²) >= 11 is 0. The third-order valence-electron chi connectivity index (χ3n) is 4.39. The molecular weight excluding hydrogens is 200 g/mol. The minimum atomic E-state index is 0.589. The maximum absolute atomic E-state index is 5.26. The zero-order valence-electron chi connectivity index (χ0n) is 11.0. The smallest absolute Gasteiger partial charge is 0.0615 e. The van der Waals surface area contributed by atoms with Gasteiger partial charge in [-0.05, 0) is 38.3 Å². The Labute approximate surface area is 99.7 Å². The van der Waals surface area contributed by atoms with Crippen LogP contribution in [-0.4, -0.2) is 62.3 Å². The fourth-order valence-corrected chi connectivity index (χ4v) is 3.27. The summed E-state index contributed by atoms with van der Waals surface area (Å²) in [7, 11) is 1.80. The predicted octanol–water partition coefficient (Wildman–Crippen LogP) is 1.29. The first kappa shape index (κ1) is 12.3. The molecule has 94 valence electrons. The molecule has 0 amide bonds. The molecule has 3 atom stereocenters. The maximum Gasteiger partial charge on any atom is 0.0615 e. The summed E-state index contributed by atoms with van der Waals surface area (Å²) in [6.45, 7) is 11.9. The SMILES string of the molecule is CCN1CCC2CN(C(C)COC)CC2C1. The fraction of sp³-hybridized carbons (Fsp3) is 1.00. The average molecular weight is 226 g/mol. The third kappa shape index (κ3) is 2.58. The van der Waals surface area contributed by atoms with Gasteiger partial charge in [0.1, 0.15) is 0 Å². The van der Waals surface area contributed by atoms with E-state index >= 15 is 0 Å². The molecule has 0 aromatic rings. The van der Waals surface area contributed by atoms with Crippen LogP contribution >= 0.6 is 0 Å². The quantitative estimate of drug-likeness (QED) is 0.718. The minimum absolute atomic E-state index is 0.589. The van der Waals surface area contributed by atoms with E-state index in [0.717, 1.165) is 18.4 Å². The number of piperidine rings is 1. The highest BCUT2D eigenvalue weighted by atomic mass is 16.5. The second kappa shape index (κ2) is 5.48. The molecule has 3 nitrogen and oxygen atoms in total. The second-order valence-corrected chi connectivity index (χ2v) is 5.46. The largest absolute Gasteiger partial charge is 0.383 e. The van der Waals surface area contributed by atoms with E-state index in [1.54, 1.807) is 7.11 Å². The van der Waals surface area contributed by atoms with Crippen molar-refractivity contribution in [2.24, 2.45) is 11.8 Å². The number of rotatable bonds is 4. The number of likely N-dealkylation sites (tertiary alicyclic amines) is 2. The Balaban J connectivity index is 1.86. The van der Waals surface area contributed by atoms with Gasteiger partial charge in [0.25, 0.3) is 0 Å². The van der Waals surface area contributed by atoms with Gasteiger partial charge >= 0.3 is 0 Å². The fourth-order valence-electron chi connectivity index (χ4n) is 3.27. The van der Waals surface area contributed by atoms with E-state index in [9.17, 15) is 0 Å². The van der Waals surface area contributed by atoms with Crippen LogP contribution < -0.4 is 0 Å². The third-order valence-corrected chi connectivity index (χ3v) is 4.39. The normalized spacial score (nSPS) is 33.9. The van der Waals surface area contributed by atoms with E-state index in [4.69, 9.17) is 4.74 Å². The van der Waals surface area contributed by atoms with Crippen LogP contribution in [0, 0.1) is 11.8 Å². The Bertz CT molecular complexity index is 222. The Hall–Kier alpha value is -0.120. The van der Waals surface area contributed by atoms with Crippen LogP contribution in [0.15, 0.2) is 0 Å². The Morgan fingerprint density at radius 3 is 2.69 bits per heavy atom. The summed E-state index contributed by atoms with van der Waals surface area (Å²) < 4.78 is 5.26. The highest BCUT2D eigenvalue weighted by Crippen LogP contribution is 2.31. The van der Waals surface area contributed by atoms with E-state index in [0.29, 0.717) is 6.04 Å². The zero-order chi connectivity index (χ0) is 11.5. The van der Waals surface area contributed by atoms with Gasteiger partial charge in [0.15, 0.2) is 0 Å². The monoisotopic (exact) mass is 226 g/mol. The van der Waals surface area contributed by atoms with Gasteiger partial charge in [-0.3, -0.25) is 4.90 Å². The highest BCUT2D eigenvalue weighted by molar-refractivity contribution is 4.91. The molecule has 3 heteroatoms. The van der Waals surface area contributed by atoms with E-state index < -0.39 is 0 Å². The molecule has 0 spiro atoms. The molecule has 2 rings (SSSR count). The molecular formula is C13H26N2O. The Morgan fingerprint density at radius 2 is 2.00 bits per heavy atom. The first-order valence-corrected chi connectivity index (χ1v) is 6.70. The molecule has 0 N–H and O–H groups in total. The highest BCUT2D eigenvalue weighted by Gasteiger charge is 2.37. The van der Waals surface area contributed by atoms with Crippen LogP contribution in [0.2, 0.25) is 0 Å². The van der Waals surface area contributed by atoms with Crippen LogP contribution in [0.3, 0.4) is 0 Å². The molecule has 0 saturated carbocycles. The van der Waals surface area contributed by atoms with Crippen LogP contribution in [0.25, 0.3) is 0 Å². The van der Waals surface area contributed by atoms with Gasteiger partial charge in [0, 0.05) is 32.8 Å². The summed E-state index contributed by atoms with van der Waals surface area (Å²) in [5.74, 6) is 1.86. The topological polar surface area (TPSA) is 15.7 Å². The molecule has 0 bridgehead atoms. The lowest BCUT2D eigenvalue weighted by Crippen LogP contribution is -2.39. The lowest BCUT2D eigenvalue weighted by Gasteiger charge is -2.33. The van der Waals surface area contributed by atoms with E-state index in [2.05, 4.69) is 23.6 Å². The van der Waals surface area contributed by atoms with Gasteiger partial charge in [0.2, 0.25) is 0 Å². The molecule has 16 heavy (non-hydrogen) atoms. The molecule has 2 heterocycles. The van der Waals surface area contributed by atoms with E-state index in [1.807, 2.05) is 0 Å². The Kier molecular flexibility index (Phi) is 4.22. The average Bonchev–Trinajstić information content (AvgIpc) is 2.71. The first-order valence-electron chi connectivity index (χ1n) is 6.70. The molecule has 0 aromatic carbocycles. The van der Waals surface area contributed by atoms with E-state index in [-0.39, 0.29) is 0 Å². The summed E-state index contributed by atoms with van der Waals surface area (Å²) in [6, 6.07) is 0.589. The van der Waals surface area contributed by atoms with Crippen LogP contribution in [0.1, 0.15) is 20.3 Å². The van der Waals surface area contributed by atoms with Crippen molar-refractivity contribution >= 4 is 0 Å². The molecule has 3 unspecified atom stereocenters. The van der Waals surface area contributed by atoms with Crippen molar-refractivity contribution in [1.82, 2.24) is 9.80 Å². The van der Waals surface area contributed by atoms with Gasteiger partial charge in [-0.2, -0.15) is 0 Å². The van der Waals surface area contributed by atoms with Crippen molar-refractivity contribution in [2.75, 3.05) is 46.4 Å². The summed E-state index contributed by atoms with van der Waals surface area (Å²) in [6.07, 6.45) is 1.40. The van der Waals surface area contributed by atoms with Gasteiger partial charge in [-0.25, -0.2) is 0 Å². The molecule has 0 aromatic heterocycles. The van der Waals surface area contributed by atoms with Crippen molar-refractivity contribution in [3.05, 3.63) is 0 Å².